The molecule has 0 aromatic carbocycles. The highest BCUT2D eigenvalue weighted by Crippen LogP contribution is 2.26. The molecule has 1 aromatic heterocycles. The average Bonchev–Trinajstić information content (AvgIpc) is 2.80. The molecule has 21 heavy (non-hydrogen) atoms. The van der Waals surface area contributed by atoms with Crippen LogP contribution in [0.5, 0.6) is 0 Å². The van der Waals surface area contributed by atoms with Crippen LogP contribution in [0.15, 0.2) is 0 Å². The number of hydrogen-bond acceptors (Lipinski definition) is 4. The number of carbonyl (C=O) groups is 2. The molecule has 2 heterocycles. The molecule has 0 aliphatic carbocycles. The van der Waals surface area contributed by atoms with Gasteiger partial charge in [-0.3, -0.25) is 19.2 Å². The number of aryl methyl sites for hydroxylation is 1. The monoisotopic (exact) mass is 292 g/mol. The van der Waals surface area contributed by atoms with Crippen LogP contribution in [0.4, 0.5) is 5.69 Å². The van der Waals surface area contributed by atoms with Crippen molar-refractivity contribution in [2.75, 3.05) is 5.32 Å². The van der Waals surface area contributed by atoms with Crippen molar-refractivity contribution in [3.05, 3.63) is 11.4 Å². The van der Waals surface area contributed by atoms with E-state index in [1.54, 1.807) is 0 Å². The van der Waals surface area contributed by atoms with Gasteiger partial charge in [0.2, 0.25) is 5.91 Å². The molecule has 0 bridgehead atoms. The molecule has 1 aromatic rings. The highest BCUT2D eigenvalue weighted by Gasteiger charge is 2.40. The Kier molecular flexibility index (Phi) is 4.07. The van der Waals surface area contributed by atoms with Crippen LogP contribution >= 0.6 is 0 Å². The van der Waals surface area contributed by atoms with Crippen LogP contribution in [0.3, 0.4) is 0 Å². The predicted molar refractivity (Wildman–Crippen MR) is 81.1 cm³/mol. The van der Waals surface area contributed by atoms with E-state index in [0.29, 0.717) is 0 Å². The summed E-state index contributed by atoms with van der Waals surface area (Å²) in [5.41, 5.74) is 2.70. The van der Waals surface area contributed by atoms with Crippen LogP contribution in [0, 0.1) is 13.8 Å². The molecule has 1 unspecified atom stereocenters. The van der Waals surface area contributed by atoms with Crippen molar-refractivity contribution >= 4 is 17.5 Å². The average molecular weight is 292 g/mol. The predicted octanol–water partition coefficient (Wildman–Crippen LogP) is 2.03. The summed E-state index contributed by atoms with van der Waals surface area (Å²) in [4.78, 5) is 25.6. The maximum atomic E-state index is 12.3. The highest BCUT2D eigenvalue weighted by atomic mass is 16.2. The van der Waals surface area contributed by atoms with E-state index in [-0.39, 0.29) is 30.3 Å². The fourth-order valence-corrected chi connectivity index (χ4v) is 2.86. The van der Waals surface area contributed by atoms with Crippen LogP contribution in [0.2, 0.25) is 0 Å². The zero-order valence-corrected chi connectivity index (χ0v) is 13.6. The summed E-state index contributed by atoms with van der Waals surface area (Å²) in [5.74, 6) is -0.259. The first kappa shape index (κ1) is 15.5. The van der Waals surface area contributed by atoms with Crippen LogP contribution < -0.4 is 5.32 Å². The third kappa shape index (κ3) is 2.66. The van der Waals surface area contributed by atoms with E-state index >= 15 is 0 Å². The molecule has 6 heteroatoms. The van der Waals surface area contributed by atoms with Gasteiger partial charge >= 0.3 is 0 Å². The number of hydrogen-bond donors (Lipinski definition) is 1. The molecule has 1 atom stereocenters. The van der Waals surface area contributed by atoms with Crippen molar-refractivity contribution in [3.63, 3.8) is 0 Å². The van der Waals surface area contributed by atoms with E-state index in [1.165, 1.54) is 4.90 Å². The number of aromatic nitrogens is 2. The van der Waals surface area contributed by atoms with Crippen LogP contribution in [0.25, 0.3) is 0 Å². The van der Waals surface area contributed by atoms with E-state index in [1.807, 2.05) is 32.4 Å². The summed E-state index contributed by atoms with van der Waals surface area (Å²) in [6.45, 7) is 11.7. The third-order valence-electron chi connectivity index (χ3n) is 3.83. The van der Waals surface area contributed by atoms with Gasteiger partial charge in [0.25, 0.3) is 5.91 Å². The van der Waals surface area contributed by atoms with Crippen molar-refractivity contribution in [2.45, 2.75) is 66.1 Å². The minimum absolute atomic E-state index is 0.0996. The normalized spacial score (nSPS) is 19.2. The first-order valence-corrected chi connectivity index (χ1v) is 7.42. The Morgan fingerprint density at radius 2 is 1.76 bits per heavy atom. The number of carbonyl (C=O) groups excluding carboxylic acids is 2. The molecule has 6 nitrogen and oxygen atoms in total. The van der Waals surface area contributed by atoms with E-state index in [2.05, 4.69) is 24.3 Å². The van der Waals surface area contributed by atoms with E-state index < -0.39 is 6.04 Å². The Bertz CT molecular complexity index is 574. The Morgan fingerprint density at radius 1 is 1.14 bits per heavy atom. The molecule has 2 rings (SSSR count). The standard InChI is InChI=1S/C15H24N4O2/c1-8(2)18-13(20)7-12(15(18)21)16-14-10(5)17-19(9(3)4)11(14)6/h8-9,12,16H,7H2,1-6H3. The number of rotatable bonds is 4. The summed E-state index contributed by atoms with van der Waals surface area (Å²) >= 11 is 0. The first-order chi connectivity index (χ1) is 9.73. The maximum absolute atomic E-state index is 12.3. The zero-order chi connectivity index (χ0) is 15.9. The summed E-state index contributed by atoms with van der Waals surface area (Å²) in [6, 6.07) is -0.327. The number of nitrogens with one attached hydrogen (secondary N) is 1. The largest absolute Gasteiger partial charge is 0.370 e. The third-order valence-corrected chi connectivity index (χ3v) is 3.83. The lowest BCUT2D eigenvalue weighted by atomic mass is 10.2. The molecule has 1 aliphatic heterocycles. The molecule has 1 saturated heterocycles. The number of anilines is 1. The second kappa shape index (κ2) is 5.50. The molecule has 0 spiro atoms. The van der Waals surface area contributed by atoms with Gasteiger partial charge in [0.1, 0.15) is 6.04 Å². The molecule has 116 valence electrons. The van der Waals surface area contributed by atoms with Gasteiger partial charge in [-0.05, 0) is 41.5 Å². The van der Waals surface area contributed by atoms with Crippen LogP contribution in [0.1, 0.15) is 51.5 Å². The Balaban J connectivity index is 2.24. The Labute approximate surface area is 125 Å². The summed E-state index contributed by atoms with van der Waals surface area (Å²) in [6.07, 6.45) is 0.211. The van der Waals surface area contributed by atoms with Crippen LogP contribution in [-0.2, 0) is 9.59 Å². The van der Waals surface area contributed by atoms with E-state index in [0.717, 1.165) is 17.1 Å². The smallest absolute Gasteiger partial charge is 0.252 e. The fraction of sp³-hybridized carbons (Fsp3) is 0.667. The molecule has 1 aliphatic rings. The van der Waals surface area contributed by atoms with Gasteiger partial charge < -0.3 is 5.32 Å². The second-order valence-electron chi connectivity index (χ2n) is 6.18. The molecular formula is C15H24N4O2. The van der Waals surface area contributed by atoms with Crippen molar-refractivity contribution in [1.82, 2.24) is 14.7 Å². The van der Waals surface area contributed by atoms with E-state index in [4.69, 9.17) is 0 Å². The summed E-state index contributed by atoms with van der Waals surface area (Å²) in [5, 5.41) is 7.72. The van der Waals surface area contributed by atoms with Gasteiger partial charge in [0.05, 0.1) is 23.5 Å². The topological polar surface area (TPSA) is 67.2 Å². The van der Waals surface area contributed by atoms with Crippen LogP contribution in [-0.4, -0.2) is 38.6 Å². The lowest BCUT2D eigenvalue weighted by molar-refractivity contribution is -0.140. The Hall–Kier alpha value is -1.85. The van der Waals surface area contributed by atoms with Gasteiger partial charge in [-0.1, -0.05) is 0 Å². The number of amides is 2. The minimum atomic E-state index is -0.484. The quantitative estimate of drug-likeness (QED) is 0.862. The van der Waals surface area contributed by atoms with Gasteiger partial charge in [-0.2, -0.15) is 5.10 Å². The summed E-state index contributed by atoms with van der Waals surface area (Å²) in [7, 11) is 0. The van der Waals surface area contributed by atoms with Crippen molar-refractivity contribution in [1.29, 1.82) is 0 Å². The highest BCUT2D eigenvalue weighted by molar-refractivity contribution is 6.07. The SMILES string of the molecule is Cc1nn(C(C)C)c(C)c1NC1CC(=O)N(C(C)C)C1=O. The van der Waals surface area contributed by atoms with E-state index in [9.17, 15) is 9.59 Å². The van der Waals surface area contributed by atoms with Gasteiger partial charge in [0.15, 0.2) is 0 Å². The molecule has 0 saturated carbocycles. The maximum Gasteiger partial charge on any atom is 0.252 e. The molecular weight excluding hydrogens is 268 g/mol. The van der Waals surface area contributed by atoms with Crippen molar-refractivity contribution in [2.24, 2.45) is 0 Å². The number of likely N-dealkylation sites (tertiary alicyclic amines) is 1. The lowest BCUT2D eigenvalue weighted by Gasteiger charge is -2.19. The molecule has 1 fully saturated rings. The number of nitrogens with zero attached hydrogens (tertiary/aromatic N) is 3. The summed E-state index contributed by atoms with van der Waals surface area (Å²) < 4.78 is 1.93. The van der Waals surface area contributed by atoms with Crippen molar-refractivity contribution < 1.29 is 9.59 Å². The van der Waals surface area contributed by atoms with Gasteiger partial charge in [0, 0.05) is 12.1 Å². The first-order valence-electron chi connectivity index (χ1n) is 7.42. The molecule has 1 N–H and O–H groups in total. The van der Waals surface area contributed by atoms with Crippen molar-refractivity contribution in [3.8, 4) is 0 Å². The van der Waals surface area contributed by atoms with Gasteiger partial charge in [-0.25, -0.2) is 0 Å². The second-order valence-corrected chi connectivity index (χ2v) is 6.18. The number of imide groups is 1. The fourth-order valence-electron chi connectivity index (χ4n) is 2.86. The lowest BCUT2D eigenvalue weighted by Crippen LogP contribution is -2.39. The molecule has 2 amide bonds. The van der Waals surface area contributed by atoms with Gasteiger partial charge in [-0.15, -0.1) is 0 Å². The minimum Gasteiger partial charge on any atom is -0.370 e. The zero-order valence-electron chi connectivity index (χ0n) is 13.6. The molecule has 0 radical (unpaired) electrons. The Morgan fingerprint density at radius 3 is 2.19 bits per heavy atom.